The Morgan fingerprint density at radius 3 is 2.59 bits per heavy atom. The van der Waals surface area contributed by atoms with Gasteiger partial charge < -0.3 is 9.47 Å². The number of ether oxygens (including phenoxy) is 2. The van der Waals surface area contributed by atoms with Gasteiger partial charge in [0.25, 0.3) is 0 Å². The molecular weight excluding hydrogens is 239 g/mol. The van der Waals surface area contributed by atoms with Crippen LogP contribution in [0.3, 0.4) is 0 Å². The molecule has 0 amide bonds. The molecule has 94 valence electrons. The lowest BCUT2D eigenvalue weighted by molar-refractivity contribution is -0.138. The van der Waals surface area contributed by atoms with Gasteiger partial charge in [-0.3, -0.25) is 0 Å². The van der Waals surface area contributed by atoms with Crippen LogP contribution in [0.1, 0.15) is 22.8 Å². The van der Waals surface area contributed by atoms with Gasteiger partial charge in [-0.15, -0.1) is 0 Å². The van der Waals surface area contributed by atoms with Crippen molar-refractivity contribution in [2.45, 2.75) is 13.1 Å². The van der Waals surface area contributed by atoms with E-state index in [2.05, 4.69) is 14.5 Å². The van der Waals surface area contributed by atoms with Crippen LogP contribution < -0.4 is 4.74 Å². The Morgan fingerprint density at radius 2 is 2.12 bits per heavy atom. The lowest BCUT2D eigenvalue weighted by atomic mass is 10.1. The molecule has 1 aromatic rings. The van der Waals surface area contributed by atoms with Crippen molar-refractivity contribution in [3.8, 4) is 5.88 Å². The molecule has 0 spiro atoms. The van der Waals surface area contributed by atoms with E-state index in [1.807, 2.05) is 0 Å². The summed E-state index contributed by atoms with van der Waals surface area (Å²) in [6.07, 6.45) is -3.75. The quantitative estimate of drug-likeness (QED) is 0.771. The molecule has 0 radical (unpaired) electrons. The lowest BCUT2D eigenvalue weighted by Crippen LogP contribution is -2.17. The van der Waals surface area contributed by atoms with Crippen molar-refractivity contribution in [1.82, 2.24) is 4.98 Å². The highest BCUT2D eigenvalue weighted by Gasteiger charge is 2.38. The molecule has 17 heavy (non-hydrogen) atoms. The fraction of sp³-hybridized carbons (Fsp3) is 0.400. The molecule has 0 unspecified atom stereocenters. The number of pyridine rings is 1. The number of halogens is 3. The van der Waals surface area contributed by atoms with Gasteiger partial charge in [-0.05, 0) is 13.0 Å². The van der Waals surface area contributed by atoms with E-state index in [0.717, 1.165) is 13.3 Å². The third kappa shape index (κ3) is 2.86. The van der Waals surface area contributed by atoms with Crippen molar-refractivity contribution in [3.05, 3.63) is 23.4 Å². The summed E-state index contributed by atoms with van der Waals surface area (Å²) in [7, 11) is 1.13. The molecule has 0 aliphatic heterocycles. The zero-order chi connectivity index (χ0) is 13.1. The fourth-order valence-corrected chi connectivity index (χ4v) is 1.23. The summed E-state index contributed by atoms with van der Waals surface area (Å²) >= 11 is 0. The molecule has 7 heteroatoms. The second-order valence-corrected chi connectivity index (χ2v) is 2.96. The van der Waals surface area contributed by atoms with Gasteiger partial charge in [0.05, 0.1) is 19.3 Å². The van der Waals surface area contributed by atoms with Crippen molar-refractivity contribution < 1.29 is 27.4 Å². The highest BCUT2D eigenvalue weighted by Crippen LogP contribution is 2.35. The first-order valence-corrected chi connectivity index (χ1v) is 4.69. The second-order valence-electron chi connectivity index (χ2n) is 2.96. The fourth-order valence-electron chi connectivity index (χ4n) is 1.23. The van der Waals surface area contributed by atoms with Crippen molar-refractivity contribution in [3.63, 3.8) is 0 Å². The van der Waals surface area contributed by atoms with Crippen molar-refractivity contribution >= 4 is 5.97 Å². The summed E-state index contributed by atoms with van der Waals surface area (Å²) in [5, 5.41) is 0. The van der Waals surface area contributed by atoms with Crippen molar-refractivity contribution in [1.29, 1.82) is 0 Å². The minimum atomic E-state index is -4.67. The molecule has 0 aromatic carbocycles. The third-order valence-corrected chi connectivity index (χ3v) is 1.89. The van der Waals surface area contributed by atoms with Gasteiger partial charge in [0.1, 0.15) is 5.56 Å². The molecule has 0 atom stereocenters. The van der Waals surface area contributed by atoms with E-state index in [4.69, 9.17) is 0 Å². The van der Waals surface area contributed by atoms with Crippen LogP contribution in [-0.2, 0) is 10.9 Å². The predicted molar refractivity (Wildman–Crippen MR) is 51.7 cm³/mol. The molecule has 0 aliphatic carbocycles. The van der Waals surface area contributed by atoms with Crippen molar-refractivity contribution in [2.75, 3.05) is 13.7 Å². The maximum atomic E-state index is 12.7. The molecule has 0 saturated heterocycles. The normalized spacial score (nSPS) is 11.1. The highest BCUT2D eigenvalue weighted by molar-refractivity contribution is 5.93. The number of nitrogens with zero attached hydrogens (tertiary/aromatic N) is 1. The van der Waals surface area contributed by atoms with Crippen molar-refractivity contribution in [2.24, 2.45) is 0 Å². The van der Waals surface area contributed by atoms with E-state index in [1.165, 1.54) is 6.92 Å². The van der Waals surface area contributed by atoms with E-state index < -0.39 is 29.2 Å². The monoisotopic (exact) mass is 249 g/mol. The minimum Gasteiger partial charge on any atom is -0.480 e. The Bertz CT molecular complexity index is 418. The van der Waals surface area contributed by atoms with Gasteiger partial charge in [-0.25, -0.2) is 9.78 Å². The second kappa shape index (κ2) is 5.03. The van der Waals surface area contributed by atoms with E-state index in [-0.39, 0.29) is 6.61 Å². The van der Waals surface area contributed by atoms with Gasteiger partial charge in [-0.1, -0.05) is 0 Å². The molecule has 1 aromatic heterocycles. The van der Waals surface area contributed by atoms with E-state index in [1.54, 1.807) is 0 Å². The molecule has 4 nitrogen and oxygen atoms in total. The van der Waals surface area contributed by atoms with Gasteiger partial charge in [0, 0.05) is 6.20 Å². The van der Waals surface area contributed by atoms with Crippen LogP contribution in [0.4, 0.5) is 13.2 Å². The van der Waals surface area contributed by atoms with Crippen LogP contribution in [0.2, 0.25) is 0 Å². The molecular formula is C10H10F3NO3. The summed E-state index contributed by atoms with van der Waals surface area (Å²) in [5.74, 6) is -1.51. The maximum Gasteiger partial charge on any atom is 0.417 e. The number of carbonyl (C=O) groups excluding carboxylic acids is 1. The molecule has 0 bridgehead atoms. The average molecular weight is 249 g/mol. The molecule has 0 aliphatic rings. The molecule has 0 N–H and O–H groups in total. The summed E-state index contributed by atoms with van der Waals surface area (Å²) < 4.78 is 47.2. The summed E-state index contributed by atoms with van der Waals surface area (Å²) in [6.45, 7) is 1.46. The Morgan fingerprint density at radius 1 is 1.47 bits per heavy atom. The Kier molecular flexibility index (Phi) is 3.93. The Labute approximate surface area is 95.4 Å². The highest BCUT2D eigenvalue weighted by atomic mass is 19.4. The summed E-state index contributed by atoms with van der Waals surface area (Å²) in [6, 6.07) is 0.703. The number of aromatic nitrogens is 1. The van der Waals surface area contributed by atoms with Crippen LogP contribution in [0.5, 0.6) is 5.88 Å². The summed E-state index contributed by atoms with van der Waals surface area (Å²) in [4.78, 5) is 15.0. The maximum absolute atomic E-state index is 12.7. The lowest BCUT2D eigenvalue weighted by Gasteiger charge is -2.13. The van der Waals surface area contributed by atoms with E-state index in [0.29, 0.717) is 6.07 Å². The largest absolute Gasteiger partial charge is 0.480 e. The number of carbonyl (C=O) groups is 1. The SMILES string of the molecule is CCOC(=O)c1c(C(F)(F)F)ccnc1OC. The number of hydrogen-bond acceptors (Lipinski definition) is 4. The Hall–Kier alpha value is -1.79. The van der Waals surface area contributed by atoms with Crippen LogP contribution in [-0.4, -0.2) is 24.7 Å². The van der Waals surface area contributed by atoms with Gasteiger partial charge in [-0.2, -0.15) is 13.2 Å². The van der Waals surface area contributed by atoms with Crippen LogP contribution in [0.15, 0.2) is 12.3 Å². The number of esters is 1. The minimum absolute atomic E-state index is 0.0336. The molecule has 0 fully saturated rings. The number of methoxy groups -OCH3 is 1. The van der Waals surface area contributed by atoms with Crippen LogP contribution in [0, 0.1) is 0 Å². The first-order valence-electron chi connectivity index (χ1n) is 4.69. The van der Waals surface area contributed by atoms with E-state index >= 15 is 0 Å². The van der Waals surface area contributed by atoms with Crippen LogP contribution >= 0.6 is 0 Å². The first-order chi connectivity index (χ1) is 7.91. The smallest absolute Gasteiger partial charge is 0.417 e. The first kappa shape index (κ1) is 13.3. The average Bonchev–Trinajstić information content (AvgIpc) is 2.27. The molecule has 0 saturated carbocycles. The van der Waals surface area contributed by atoms with E-state index in [9.17, 15) is 18.0 Å². The predicted octanol–water partition coefficient (Wildman–Crippen LogP) is 2.29. The van der Waals surface area contributed by atoms with Crippen LogP contribution in [0.25, 0.3) is 0 Å². The number of rotatable bonds is 3. The van der Waals surface area contributed by atoms with Gasteiger partial charge >= 0.3 is 12.1 Å². The number of hydrogen-bond donors (Lipinski definition) is 0. The zero-order valence-electron chi connectivity index (χ0n) is 9.17. The van der Waals surface area contributed by atoms with Gasteiger partial charge in [0.15, 0.2) is 0 Å². The zero-order valence-corrected chi connectivity index (χ0v) is 9.17. The van der Waals surface area contributed by atoms with Gasteiger partial charge in [0.2, 0.25) is 5.88 Å². The Balaban J connectivity index is 3.36. The summed E-state index contributed by atoms with van der Waals surface area (Å²) in [5.41, 5.74) is -1.83. The number of alkyl halides is 3. The molecule has 1 rings (SSSR count). The molecule has 1 heterocycles. The standard InChI is InChI=1S/C10H10F3NO3/c1-3-17-9(15)7-6(10(11,12)13)4-5-14-8(7)16-2/h4-5H,3H2,1-2H3. The third-order valence-electron chi connectivity index (χ3n) is 1.89. The topological polar surface area (TPSA) is 48.4 Å².